The molecule has 0 aromatic carbocycles. The molecule has 0 aliphatic heterocycles. The lowest BCUT2D eigenvalue weighted by atomic mass is 10.3. The highest BCUT2D eigenvalue weighted by atomic mass is 16.5. The third-order valence-electron chi connectivity index (χ3n) is 2.64. The van der Waals surface area contributed by atoms with E-state index in [0.29, 0.717) is 5.75 Å². The highest BCUT2D eigenvalue weighted by Gasteiger charge is 2.13. The van der Waals surface area contributed by atoms with Crippen LogP contribution in [0.25, 0.3) is 0 Å². The van der Waals surface area contributed by atoms with Crippen molar-refractivity contribution in [3.05, 3.63) is 29.3 Å². The molecule has 0 amide bonds. The summed E-state index contributed by atoms with van der Waals surface area (Å²) in [4.78, 5) is 8.02. The van der Waals surface area contributed by atoms with Gasteiger partial charge in [0.15, 0.2) is 11.6 Å². The Morgan fingerprint density at radius 3 is 2.79 bits per heavy atom. The molecule has 2 rings (SSSR count). The molecule has 0 saturated carbocycles. The Balaban J connectivity index is 2.34. The van der Waals surface area contributed by atoms with Crippen molar-refractivity contribution in [2.75, 3.05) is 0 Å². The molecule has 0 atom stereocenters. The Morgan fingerprint density at radius 2 is 2.21 bits per heavy atom. The Labute approximate surface area is 109 Å². The van der Waals surface area contributed by atoms with Crippen LogP contribution < -0.4 is 10.5 Å². The van der Waals surface area contributed by atoms with Crippen molar-refractivity contribution >= 4 is 5.84 Å². The Kier molecular flexibility index (Phi) is 3.32. The first-order valence-electron chi connectivity index (χ1n) is 5.52. The molecule has 0 fully saturated rings. The third-order valence-corrected chi connectivity index (χ3v) is 2.64. The zero-order valence-corrected chi connectivity index (χ0v) is 10.8. The van der Waals surface area contributed by atoms with Crippen LogP contribution in [0.4, 0.5) is 0 Å². The van der Waals surface area contributed by atoms with Gasteiger partial charge in [-0.2, -0.15) is 10.1 Å². The predicted octanol–water partition coefficient (Wildman–Crippen LogP) is 0.714. The number of hydrogen-bond donors (Lipinski definition) is 2. The van der Waals surface area contributed by atoms with E-state index in [4.69, 9.17) is 15.7 Å². The molecule has 19 heavy (non-hydrogen) atoms. The number of nitrogens with zero attached hydrogens (tertiary/aromatic N) is 5. The van der Waals surface area contributed by atoms with E-state index in [1.165, 1.54) is 12.3 Å². The number of amidine groups is 1. The van der Waals surface area contributed by atoms with E-state index >= 15 is 0 Å². The van der Waals surface area contributed by atoms with Crippen LogP contribution in [0.15, 0.2) is 17.4 Å². The van der Waals surface area contributed by atoms with Crippen molar-refractivity contribution < 1.29 is 9.94 Å². The van der Waals surface area contributed by atoms with Crippen LogP contribution in [0.1, 0.15) is 17.1 Å². The Morgan fingerprint density at radius 1 is 1.47 bits per heavy atom. The van der Waals surface area contributed by atoms with Crippen LogP contribution in [0, 0.1) is 13.8 Å². The standard InChI is InChI=1S/C11H14N6O2/c1-6-9(7(2)17(3)15-6)19-11-13-5-4-8(14-11)10(12)16-18/h4-5,18H,1-3H3,(H2,12,16). The Bertz CT molecular complexity index is 634. The molecule has 8 nitrogen and oxygen atoms in total. The smallest absolute Gasteiger partial charge is 0.322 e. The van der Waals surface area contributed by atoms with Crippen LogP contribution >= 0.6 is 0 Å². The molecule has 0 radical (unpaired) electrons. The molecule has 2 aromatic rings. The molecule has 100 valence electrons. The number of nitrogens with two attached hydrogens (primary N) is 1. The second kappa shape index (κ2) is 4.92. The van der Waals surface area contributed by atoms with Gasteiger partial charge >= 0.3 is 6.01 Å². The lowest BCUT2D eigenvalue weighted by Gasteiger charge is -2.05. The maximum absolute atomic E-state index is 8.61. The molecule has 0 saturated heterocycles. The molecular weight excluding hydrogens is 248 g/mol. The highest BCUT2D eigenvalue weighted by molar-refractivity contribution is 5.95. The summed E-state index contributed by atoms with van der Waals surface area (Å²) in [5.74, 6) is 0.492. The largest absolute Gasteiger partial charge is 0.420 e. The fourth-order valence-electron chi connectivity index (χ4n) is 1.58. The summed E-state index contributed by atoms with van der Waals surface area (Å²) in [5, 5.41) is 15.7. The number of hydrogen-bond acceptors (Lipinski definition) is 6. The molecule has 2 aromatic heterocycles. The summed E-state index contributed by atoms with van der Waals surface area (Å²) in [6.07, 6.45) is 1.47. The Hall–Kier alpha value is -2.64. The highest BCUT2D eigenvalue weighted by Crippen LogP contribution is 2.25. The van der Waals surface area contributed by atoms with Gasteiger partial charge < -0.3 is 15.7 Å². The number of aryl methyl sites for hydroxylation is 2. The number of oxime groups is 1. The fraction of sp³-hybridized carbons (Fsp3) is 0.273. The van der Waals surface area contributed by atoms with Gasteiger partial charge in [-0.25, -0.2) is 4.98 Å². The van der Waals surface area contributed by atoms with Crippen LogP contribution in [0.2, 0.25) is 0 Å². The average Bonchev–Trinajstić information content (AvgIpc) is 2.65. The quantitative estimate of drug-likeness (QED) is 0.365. The fourth-order valence-corrected chi connectivity index (χ4v) is 1.58. The lowest BCUT2D eigenvalue weighted by Crippen LogP contribution is -2.15. The molecule has 0 aliphatic rings. The second-order valence-electron chi connectivity index (χ2n) is 3.94. The molecule has 0 bridgehead atoms. The molecule has 2 heterocycles. The van der Waals surface area contributed by atoms with Crippen LogP contribution in [-0.4, -0.2) is 30.8 Å². The van der Waals surface area contributed by atoms with Crippen molar-refractivity contribution in [1.29, 1.82) is 0 Å². The summed E-state index contributed by atoms with van der Waals surface area (Å²) in [6, 6.07) is 1.63. The third kappa shape index (κ3) is 2.46. The van der Waals surface area contributed by atoms with Crippen molar-refractivity contribution in [2.45, 2.75) is 13.8 Å². The van der Waals surface area contributed by atoms with Gasteiger partial charge in [-0.05, 0) is 19.9 Å². The minimum absolute atomic E-state index is 0.105. The first kappa shape index (κ1) is 12.8. The minimum Gasteiger partial charge on any atom is -0.420 e. The summed E-state index contributed by atoms with van der Waals surface area (Å²) in [7, 11) is 1.82. The van der Waals surface area contributed by atoms with E-state index in [1.54, 1.807) is 4.68 Å². The predicted molar refractivity (Wildman–Crippen MR) is 67.3 cm³/mol. The van der Waals surface area contributed by atoms with Crippen molar-refractivity contribution in [3.8, 4) is 11.8 Å². The number of rotatable bonds is 3. The minimum atomic E-state index is -0.105. The molecule has 0 unspecified atom stereocenters. The first-order valence-corrected chi connectivity index (χ1v) is 5.52. The van der Waals surface area contributed by atoms with Crippen LogP contribution in [0.3, 0.4) is 0 Å². The summed E-state index contributed by atoms with van der Waals surface area (Å²) >= 11 is 0. The van der Waals surface area contributed by atoms with Gasteiger partial charge in [-0.3, -0.25) is 4.68 Å². The van der Waals surface area contributed by atoms with Crippen molar-refractivity contribution in [3.63, 3.8) is 0 Å². The summed E-state index contributed by atoms with van der Waals surface area (Å²) < 4.78 is 7.30. The SMILES string of the molecule is Cc1nn(C)c(C)c1Oc1nccc(/C(N)=N/O)n1. The van der Waals surface area contributed by atoms with Gasteiger partial charge in [0, 0.05) is 13.2 Å². The number of ether oxygens (including phenoxy) is 1. The van der Waals surface area contributed by atoms with Crippen LogP contribution in [-0.2, 0) is 7.05 Å². The van der Waals surface area contributed by atoms with E-state index in [1.807, 2.05) is 20.9 Å². The zero-order chi connectivity index (χ0) is 14.0. The molecule has 3 N–H and O–H groups in total. The normalized spacial score (nSPS) is 11.6. The average molecular weight is 262 g/mol. The molecule has 0 spiro atoms. The second-order valence-corrected chi connectivity index (χ2v) is 3.94. The molecule has 0 aliphatic carbocycles. The van der Waals surface area contributed by atoms with E-state index in [-0.39, 0.29) is 17.5 Å². The van der Waals surface area contributed by atoms with E-state index < -0.39 is 0 Å². The topological polar surface area (TPSA) is 111 Å². The molecule has 8 heteroatoms. The monoisotopic (exact) mass is 262 g/mol. The van der Waals surface area contributed by atoms with E-state index in [9.17, 15) is 0 Å². The van der Waals surface area contributed by atoms with Gasteiger partial charge in [0.2, 0.25) is 0 Å². The first-order chi connectivity index (χ1) is 9.02. The zero-order valence-electron chi connectivity index (χ0n) is 10.8. The van der Waals surface area contributed by atoms with Crippen molar-refractivity contribution in [2.24, 2.45) is 17.9 Å². The maximum atomic E-state index is 8.61. The van der Waals surface area contributed by atoms with Gasteiger partial charge in [0.25, 0.3) is 0 Å². The maximum Gasteiger partial charge on any atom is 0.322 e. The van der Waals surface area contributed by atoms with Gasteiger partial charge in [-0.15, -0.1) is 0 Å². The van der Waals surface area contributed by atoms with Gasteiger partial charge in [0.1, 0.15) is 11.4 Å². The summed E-state index contributed by atoms with van der Waals surface area (Å²) in [6.45, 7) is 3.71. The van der Waals surface area contributed by atoms with Gasteiger partial charge in [0.05, 0.1) is 5.69 Å². The lowest BCUT2D eigenvalue weighted by molar-refractivity contribution is 0.318. The summed E-state index contributed by atoms with van der Waals surface area (Å²) in [5.41, 5.74) is 7.33. The molecular formula is C11H14N6O2. The van der Waals surface area contributed by atoms with Gasteiger partial charge in [-0.1, -0.05) is 5.16 Å². The van der Waals surface area contributed by atoms with E-state index in [0.717, 1.165) is 11.4 Å². The van der Waals surface area contributed by atoms with Crippen molar-refractivity contribution in [1.82, 2.24) is 19.7 Å². The number of aromatic nitrogens is 4. The van der Waals surface area contributed by atoms with E-state index in [2.05, 4.69) is 20.2 Å². The van der Waals surface area contributed by atoms with Crippen LogP contribution in [0.5, 0.6) is 11.8 Å².